The van der Waals surface area contributed by atoms with Crippen LogP contribution in [0, 0.1) is 0 Å². The first-order valence-corrected chi connectivity index (χ1v) is 10.2. The van der Waals surface area contributed by atoms with E-state index in [1.54, 1.807) is 0 Å². The second kappa shape index (κ2) is 6.07. The van der Waals surface area contributed by atoms with Crippen LogP contribution in [-0.2, 0) is 4.43 Å². The Labute approximate surface area is 133 Å². The minimum Gasteiger partial charge on any atom is -0.406 e. The van der Waals surface area contributed by atoms with Gasteiger partial charge in [0.05, 0.1) is 0 Å². The van der Waals surface area contributed by atoms with Gasteiger partial charge < -0.3 is 4.43 Å². The van der Waals surface area contributed by atoms with Gasteiger partial charge in [-0.3, -0.25) is 0 Å². The summed E-state index contributed by atoms with van der Waals surface area (Å²) < 4.78 is 6.56. The van der Waals surface area contributed by atoms with Gasteiger partial charge in [-0.1, -0.05) is 72.8 Å². The fraction of sp³-hybridized carbons (Fsp3) is 0.200. The maximum Gasteiger partial charge on any atom is 0.253 e. The smallest absolute Gasteiger partial charge is 0.253 e. The molecule has 3 rings (SSSR count). The van der Waals surface area contributed by atoms with E-state index < -0.39 is 8.32 Å². The summed E-state index contributed by atoms with van der Waals surface area (Å²) in [5.41, 5.74) is 0. The molecule has 3 aromatic rings. The average molecular weight is 306 g/mol. The Morgan fingerprint density at radius 3 is 2.14 bits per heavy atom. The van der Waals surface area contributed by atoms with E-state index in [9.17, 15) is 0 Å². The molecule has 0 unspecified atom stereocenters. The highest BCUT2D eigenvalue weighted by Gasteiger charge is 2.36. The molecule has 0 radical (unpaired) electrons. The Hall–Kier alpha value is -1.90. The van der Waals surface area contributed by atoms with Gasteiger partial charge in [-0.05, 0) is 41.5 Å². The van der Waals surface area contributed by atoms with Crippen molar-refractivity contribution in [3.8, 4) is 0 Å². The molecule has 1 atom stereocenters. The maximum atomic E-state index is 6.56. The zero-order valence-electron chi connectivity index (χ0n) is 13.4. The summed E-state index contributed by atoms with van der Waals surface area (Å²) in [7, 11) is -2.23. The second-order valence-corrected chi connectivity index (χ2v) is 9.51. The first-order valence-electron chi connectivity index (χ1n) is 7.83. The molecule has 0 fully saturated rings. The third-order valence-corrected chi connectivity index (χ3v) is 7.94. The van der Waals surface area contributed by atoms with E-state index in [1.165, 1.54) is 21.1 Å². The molecule has 0 aliphatic rings. The van der Waals surface area contributed by atoms with Crippen molar-refractivity contribution in [2.75, 3.05) is 0 Å². The molecule has 0 bridgehead atoms. The van der Waals surface area contributed by atoms with Gasteiger partial charge in [0, 0.05) is 6.10 Å². The zero-order valence-corrected chi connectivity index (χ0v) is 14.4. The van der Waals surface area contributed by atoms with Crippen LogP contribution in [0.25, 0.3) is 10.8 Å². The third-order valence-electron chi connectivity index (χ3n) is 4.10. The first kappa shape index (κ1) is 15.0. The van der Waals surface area contributed by atoms with Crippen LogP contribution in [0.4, 0.5) is 0 Å². The highest BCUT2D eigenvalue weighted by Crippen LogP contribution is 2.18. The quantitative estimate of drug-likeness (QED) is 0.663. The van der Waals surface area contributed by atoms with Gasteiger partial charge in [-0.25, -0.2) is 0 Å². The molecule has 1 nitrogen and oxygen atoms in total. The molecule has 0 spiro atoms. The van der Waals surface area contributed by atoms with Crippen LogP contribution in [0.5, 0.6) is 0 Å². The lowest BCUT2D eigenvalue weighted by molar-refractivity contribution is 0.242. The Morgan fingerprint density at radius 1 is 0.773 bits per heavy atom. The van der Waals surface area contributed by atoms with Crippen LogP contribution in [0.1, 0.15) is 13.8 Å². The zero-order chi connectivity index (χ0) is 15.6. The van der Waals surface area contributed by atoms with Crippen LogP contribution in [0.3, 0.4) is 0 Å². The SMILES string of the molecule is CC(C)O[Si@@](C)(c1ccccc1)c1cccc2ccccc12. The molecule has 0 heterocycles. The number of hydrogen-bond donors (Lipinski definition) is 0. The third kappa shape index (κ3) is 2.72. The van der Waals surface area contributed by atoms with Crippen molar-refractivity contribution in [3.63, 3.8) is 0 Å². The standard InChI is InChI=1S/C20H22OSi/c1-16(2)21-22(3,18-12-5-4-6-13-18)20-15-9-11-17-10-7-8-14-19(17)20/h4-16H,1-3H3/t22-/m0/s1. The van der Waals surface area contributed by atoms with E-state index >= 15 is 0 Å². The largest absolute Gasteiger partial charge is 0.406 e. The van der Waals surface area contributed by atoms with Gasteiger partial charge in [0.1, 0.15) is 0 Å². The summed E-state index contributed by atoms with van der Waals surface area (Å²) in [6.07, 6.45) is 0.204. The van der Waals surface area contributed by atoms with Gasteiger partial charge in [-0.2, -0.15) is 0 Å². The molecular formula is C20H22OSi. The van der Waals surface area contributed by atoms with E-state index in [0.29, 0.717) is 0 Å². The highest BCUT2D eigenvalue weighted by molar-refractivity contribution is 6.98. The van der Waals surface area contributed by atoms with Gasteiger partial charge in [0.2, 0.25) is 0 Å². The van der Waals surface area contributed by atoms with Crippen molar-refractivity contribution >= 4 is 29.5 Å². The Kier molecular flexibility index (Phi) is 4.14. The van der Waals surface area contributed by atoms with E-state index in [0.717, 1.165) is 0 Å². The fourth-order valence-corrected chi connectivity index (χ4v) is 6.66. The van der Waals surface area contributed by atoms with Gasteiger partial charge in [-0.15, -0.1) is 0 Å². The first-order chi connectivity index (χ1) is 10.6. The van der Waals surface area contributed by atoms with Crippen molar-refractivity contribution in [1.82, 2.24) is 0 Å². The van der Waals surface area contributed by atoms with Crippen molar-refractivity contribution < 1.29 is 4.43 Å². The molecule has 0 saturated heterocycles. The van der Waals surface area contributed by atoms with Crippen molar-refractivity contribution in [3.05, 3.63) is 72.8 Å². The summed E-state index contributed by atoms with van der Waals surface area (Å²) in [5, 5.41) is 5.26. The van der Waals surface area contributed by atoms with E-state index in [-0.39, 0.29) is 6.10 Å². The molecule has 3 aromatic carbocycles. The predicted molar refractivity (Wildman–Crippen MR) is 97.5 cm³/mol. The molecule has 112 valence electrons. The van der Waals surface area contributed by atoms with Gasteiger partial charge in [0.15, 0.2) is 0 Å². The van der Waals surface area contributed by atoms with Crippen LogP contribution in [0.2, 0.25) is 6.55 Å². The highest BCUT2D eigenvalue weighted by atomic mass is 28.4. The Morgan fingerprint density at radius 2 is 1.41 bits per heavy atom. The molecule has 0 aromatic heterocycles. The molecule has 0 saturated carbocycles. The molecule has 0 amide bonds. The van der Waals surface area contributed by atoms with E-state index in [1.807, 2.05) is 0 Å². The molecule has 0 N–H and O–H groups in total. The Balaban J connectivity index is 2.25. The van der Waals surface area contributed by atoms with Crippen LogP contribution < -0.4 is 10.4 Å². The minimum absolute atomic E-state index is 0.204. The van der Waals surface area contributed by atoms with E-state index in [4.69, 9.17) is 4.43 Å². The topological polar surface area (TPSA) is 9.23 Å². The second-order valence-electron chi connectivity index (χ2n) is 6.09. The van der Waals surface area contributed by atoms with Crippen LogP contribution >= 0.6 is 0 Å². The predicted octanol–water partition coefficient (Wildman–Crippen LogP) is 3.95. The summed E-state index contributed by atoms with van der Waals surface area (Å²) in [6, 6.07) is 25.8. The minimum atomic E-state index is -2.23. The molecule has 2 heteroatoms. The lowest BCUT2D eigenvalue weighted by Crippen LogP contribution is -2.59. The van der Waals surface area contributed by atoms with Crippen molar-refractivity contribution in [1.29, 1.82) is 0 Å². The number of rotatable bonds is 4. The number of benzene rings is 3. The van der Waals surface area contributed by atoms with Crippen LogP contribution in [0.15, 0.2) is 72.8 Å². The molecule has 22 heavy (non-hydrogen) atoms. The maximum absolute atomic E-state index is 6.56. The number of hydrogen-bond acceptors (Lipinski definition) is 1. The van der Waals surface area contributed by atoms with Crippen LogP contribution in [-0.4, -0.2) is 14.4 Å². The van der Waals surface area contributed by atoms with E-state index in [2.05, 4.69) is 93.2 Å². The fourth-order valence-electron chi connectivity index (χ4n) is 3.16. The molecular weight excluding hydrogens is 284 g/mol. The lowest BCUT2D eigenvalue weighted by atomic mass is 10.1. The normalized spacial score (nSPS) is 14.2. The summed E-state index contributed by atoms with van der Waals surface area (Å²) in [6.45, 7) is 6.56. The lowest BCUT2D eigenvalue weighted by Gasteiger charge is -2.31. The van der Waals surface area contributed by atoms with Crippen molar-refractivity contribution in [2.45, 2.75) is 26.5 Å². The molecule has 0 aliphatic heterocycles. The van der Waals surface area contributed by atoms with Gasteiger partial charge in [0.25, 0.3) is 8.32 Å². The number of fused-ring (bicyclic) bond motifs is 1. The summed E-state index contributed by atoms with van der Waals surface area (Å²) >= 11 is 0. The summed E-state index contributed by atoms with van der Waals surface area (Å²) in [4.78, 5) is 0. The van der Waals surface area contributed by atoms with Crippen molar-refractivity contribution in [2.24, 2.45) is 0 Å². The molecule has 0 aliphatic carbocycles. The Bertz CT molecular complexity index is 762. The average Bonchev–Trinajstić information content (AvgIpc) is 2.54. The summed E-state index contributed by atoms with van der Waals surface area (Å²) in [5.74, 6) is 0. The van der Waals surface area contributed by atoms with Gasteiger partial charge >= 0.3 is 0 Å². The monoisotopic (exact) mass is 306 g/mol.